The molecule has 55 heavy (non-hydrogen) atoms. The number of aromatic nitrogens is 1. The highest BCUT2D eigenvalue weighted by atomic mass is 19.3. The molecule has 0 radical (unpaired) electrons. The summed E-state index contributed by atoms with van der Waals surface area (Å²) in [6, 6.07) is 24.6. The Labute approximate surface area is 317 Å². The zero-order valence-electron chi connectivity index (χ0n) is 31.5. The predicted molar refractivity (Wildman–Crippen MR) is 209 cm³/mol. The van der Waals surface area contributed by atoms with Gasteiger partial charge in [-0.1, -0.05) is 75.6 Å². The maximum absolute atomic E-state index is 14.8. The van der Waals surface area contributed by atoms with Gasteiger partial charge in [-0.15, -0.1) is 0 Å². The summed E-state index contributed by atoms with van der Waals surface area (Å²) in [6.45, 7) is 3.55. The van der Waals surface area contributed by atoms with Gasteiger partial charge in [0.25, 0.3) is 0 Å². The van der Waals surface area contributed by atoms with Crippen molar-refractivity contribution in [3.63, 3.8) is 0 Å². The average molecular weight is 757 g/mol. The molecule has 0 fully saturated rings. The molecule has 0 saturated carbocycles. The van der Waals surface area contributed by atoms with Gasteiger partial charge in [-0.3, -0.25) is 10.2 Å². The second-order valence-electron chi connectivity index (χ2n) is 13.6. The van der Waals surface area contributed by atoms with Gasteiger partial charge >= 0.3 is 12.3 Å². The third-order valence-electron chi connectivity index (χ3n) is 10.2. The largest absolute Gasteiger partial charge is 0.496 e. The lowest BCUT2D eigenvalue weighted by Crippen LogP contribution is -2.34. The fourth-order valence-electron chi connectivity index (χ4n) is 7.23. The Bertz CT molecular complexity index is 2350. The van der Waals surface area contributed by atoms with Crippen LogP contribution in [0.5, 0.6) is 23.0 Å². The second-order valence-corrected chi connectivity index (χ2v) is 13.6. The van der Waals surface area contributed by atoms with Crippen LogP contribution in [0.1, 0.15) is 66.6 Å². The Morgan fingerprint density at radius 3 is 2.09 bits per heavy atom. The van der Waals surface area contributed by atoms with E-state index in [1.165, 1.54) is 39.5 Å². The number of halogens is 4. The van der Waals surface area contributed by atoms with Gasteiger partial charge in [-0.05, 0) is 48.1 Å². The molecule has 1 unspecified atom stereocenters. The molecule has 0 bridgehead atoms. The van der Waals surface area contributed by atoms with Crippen LogP contribution in [0.15, 0.2) is 84.9 Å². The number of ether oxygens (including phenoxy) is 4. The van der Waals surface area contributed by atoms with Crippen LogP contribution in [0.4, 0.5) is 17.6 Å². The minimum atomic E-state index is -4.36. The van der Waals surface area contributed by atoms with Crippen molar-refractivity contribution >= 4 is 44.1 Å². The SMILES string of the molecule is CCCCC(CC)Cn1c2ccc(C(=N)c3ccccc3OCC(F)(F)C(F)F)cc2c2cc(C(=O)c3c(OC)cc(OC)cc3OC)c3ccccc3c21. The summed E-state index contributed by atoms with van der Waals surface area (Å²) in [5, 5.41) is 12.4. The highest BCUT2D eigenvalue weighted by Gasteiger charge is 2.42. The fraction of sp³-hybridized carbons (Fsp3) is 0.318. The Morgan fingerprint density at radius 1 is 0.782 bits per heavy atom. The van der Waals surface area contributed by atoms with Crippen molar-refractivity contribution in [3.05, 3.63) is 107 Å². The van der Waals surface area contributed by atoms with Crippen molar-refractivity contribution in [2.24, 2.45) is 5.92 Å². The molecule has 7 nitrogen and oxygen atoms in total. The number of unbranched alkanes of at least 4 members (excludes halogenated alkanes) is 1. The number of ketones is 1. The first-order chi connectivity index (χ1) is 26.5. The highest BCUT2D eigenvalue weighted by molar-refractivity contribution is 6.27. The van der Waals surface area contributed by atoms with Crippen LogP contribution in [0.25, 0.3) is 32.6 Å². The van der Waals surface area contributed by atoms with Crippen LogP contribution in [-0.4, -0.2) is 56.3 Å². The molecule has 6 rings (SSSR count). The Hall–Kier alpha value is -5.58. The number of benzene rings is 5. The standard InChI is InChI=1S/C44H44F4N2O5/c1-6-8-13-26(7-2)24-50-35-19-18-27(40(49)31-16-11-12-17-36(31)55-25-44(47,48)43(45)46)20-32(35)33-23-34(29-14-9-10-15-30(29)41(33)50)42(51)39-37(53-4)21-28(52-3)22-38(39)54-5/h9-12,14-23,26,43,49H,6-8,13,24-25H2,1-5H3. The summed E-state index contributed by atoms with van der Waals surface area (Å²) in [7, 11) is 4.48. The molecule has 1 heterocycles. The van der Waals surface area contributed by atoms with E-state index >= 15 is 0 Å². The van der Waals surface area contributed by atoms with E-state index in [-0.39, 0.29) is 39.9 Å². The molecular weight excluding hydrogens is 712 g/mol. The first-order valence-corrected chi connectivity index (χ1v) is 18.3. The van der Waals surface area contributed by atoms with Gasteiger partial charge in [0.05, 0.1) is 32.6 Å². The molecule has 1 atom stereocenters. The monoisotopic (exact) mass is 756 g/mol. The maximum atomic E-state index is 14.8. The van der Waals surface area contributed by atoms with Crippen molar-refractivity contribution in [1.29, 1.82) is 5.41 Å². The number of alkyl halides is 4. The zero-order valence-corrected chi connectivity index (χ0v) is 31.5. The normalized spacial score (nSPS) is 12.4. The number of fused-ring (bicyclic) bond motifs is 5. The molecule has 0 saturated heterocycles. The van der Waals surface area contributed by atoms with Crippen LogP contribution >= 0.6 is 0 Å². The van der Waals surface area contributed by atoms with Gasteiger partial charge < -0.3 is 23.5 Å². The molecular formula is C44H44F4N2O5. The van der Waals surface area contributed by atoms with Gasteiger partial charge in [-0.2, -0.15) is 8.78 Å². The molecule has 1 aromatic heterocycles. The maximum Gasteiger partial charge on any atom is 0.340 e. The lowest BCUT2D eigenvalue weighted by atomic mass is 9.93. The molecule has 0 amide bonds. The number of para-hydroxylation sites is 1. The van der Waals surface area contributed by atoms with E-state index in [1.807, 2.05) is 42.5 Å². The van der Waals surface area contributed by atoms with E-state index in [2.05, 4.69) is 18.4 Å². The topological polar surface area (TPSA) is 82.8 Å². The van der Waals surface area contributed by atoms with E-state index in [1.54, 1.807) is 24.3 Å². The fourth-order valence-corrected chi connectivity index (χ4v) is 7.23. The van der Waals surface area contributed by atoms with Gasteiger partial charge in [0.2, 0.25) is 5.78 Å². The lowest BCUT2D eigenvalue weighted by molar-refractivity contribution is -0.148. The first-order valence-electron chi connectivity index (χ1n) is 18.3. The number of carbonyl (C=O) groups is 1. The molecule has 288 valence electrons. The summed E-state index contributed by atoms with van der Waals surface area (Å²) in [5.41, 5.74) is 3.06. The molecule has 6 aromatic rings. The highest BCUT2D eigenvalue weighted by Crippen LogP contribution is 2.42. The minimum Gasteiger partial charge on any atom is -0.496 e. The Morgan fingerprint density at radius 2 is 1.45 bits per heavy atom. The molecule has 0 aliphatic rings. The Kier molecular flexibility index (Phi) is 11.7. The number of carbonyl (C=O) groups excluding carboxylic acids is 1. The summed E-state index contributed by atoms with van der Waals surface area (Å²) in [4.78, 5) is 14.8. The van der Waals surface area contributed by atoms with Crippen LogP contribution < -0.4 is 18.9 Å². The van der Waals surface area contributed by atoms with E-state index in [4.69, 9.17) is 18.9 Å². The number of hydrogen-bond acceptors (Lipinski definition) is 6. The van der Waals surface area contributed by atoms with E-state index in [0.29, 0.717) is 22.8 Å². The van der Waals surface area contributed by atoms with Gasteiger partial charge in [-0.25, -0.2) is 8.78 Å². The predicted octanol–water partition coefficient (Wildman–Crippen LogP) is 11.1. The van der Waals surface area contributed by atoms with Gasteiger partial charge in [0.1, 0.15) is 28.6 Å². The smallest absolute Gasteiger partial charge is 0.340 e. The molecule has 0 spiro atoms. The summed E-state index contributed by atoms with van der Waals surface area (Å²) >= 11 is 0. The second kappa shape index (κ2) is 16.4. The van der Waals surface area contributed by atoms with E-state index in [0.717, 1.165) is 64.8 Å². The van der Waals surface area contributed by atoms with Crippen LogP contribution in [0.3, 0.4) is 0 Å². The van der Waals surface area contributed by atoms with Crippen molar-refractivity contribution in [2.75, 3.05) is 27.9 Å². The van der Waals surface area contributed by atoms with Gasteiger partial charge in [0, 0.05) is 57.0 Å². The molecule has 11 heteroatoms. The average Bonchev–Trinajstić information content (AvgIpc) is 3.52. The third kappa shape index (κ3) is 7.57. The summed E-state index contributed by atoms with van der Waals surface area (Å²) < 4.78 is 77.9. The summed E-state index contributed by atoms with van der Waals surface area (Å²) in [6.07, 6.45) is 0.285. The minimum absolute atomic E-state index is 0.0436. The summed E-state index contributed by atoms with van der Waals surface area (Å²) in [5.74, 6) is -3.37. The number of methoxy groups -OCH3 is 3. The third-order valence-corrected chi connectivity index (χ3v) is 10.2. The molecule has 0 aliphatic heterocycles. The van der Waals surface area contributed by atoms with E-state index < -0.39 is 19.0 Å². The van der Waals surface area contributed by atoms with Crippen LogP contribution in [-0.2, 0) is 6.54 Å². The van der Waals surface area contributed by atoms with Crippen LogP contribution in [0.2, 0.25) is 0 Å². The quantitative estimate of drug-likeness (QED) is 0.0569. The number of hydrogen-bond donors (Lipinski definition) is 1. The molecule has 1 N–H and O–H groups in total. The van der Waals surface area contributed by atoms with E-state index in [9.17, 15) is 27.8 Å². The number of nitrogens with zero attached hydrogens (tertiary/aromatic N) is 1. The zero-order chi connectivity index (χ0) is 39.4. The lowest BCUT2D eigenvalue weighted by Gasteiger charge is -2.19. The van der Waals surface area contributed by atoms with Crippen molar-refractivity contribution < 1.29 is 41.3 Å². The van der Waals surface area contributed by atoms with Crippen molar-refractivity contribution in [3.8, 4) is 23.0 Å². The molecule has 0 aliphatic carbocycles. The van der Waals surface area contributed by atoms with Gasteiger partial charge in [0.15, 0.2) is 6.61 Å². The van der Waals surface area contributed by atoms with Crippen molar-refractivity contribution in [1.82, 2.24) is 4.57 Å². The Balaban J connectivity index is 1.59. The molecule has 5 aromatic carbocycles. The first kappa shape index (κ1) is 39.1. The number of rotatable bonds is 17. The van der Waals surface area contributed by atoms with Crippen LogP contribution in [0, 0.1) is 11.3 Å². The number of nitrogens with one attached hydrogen (secondary N) is 1. The van der Waals surface area contributed by atoms with Crippen molar-refractivity contribution in [2.45, 2.75) is 58.4 Å².